The first-order valence-electron chi connectivity index (χ1n) is 6.26. The third-order valence-electron chi connectivity index (χ3n) is 2.96. The summed E-state index contributed by atoms with van der Waals surface area (Å²) < 4.78 is 27.8. The normalized spacial score (nSPS) is 21.2. The van der Waals surface area contributed by atoms with Crippen molar-refractivity contribution in [1.82, 2.24) is 10.2 Å². The lowest BCUT2D eigenvalue weighted by Gasteiger charge is -2.18. The highest BCUT2D eigenvalue weighted by Crippen LogP contribution is 2.05. The maximum absolute atomic E-state index is 11.4. The van der Waals surface area contributed by atoms with Crippen LogP contribution in [0.4, 0.5) is 0 Å². The van der Waals surface area contributed by atoms with E-state index in [2.05, 4.69) is 10.2 Å². The highest BCUT2D eigenvalue weighted by Gasteiger charge is 2.18. The Kier molecular flexibility index (Phi) is 7.03. The van der Waals surface area contributed by atoms with E-state index in [1.54, 1.807) is 7.11 Å². The first kappa shape index (κ1) is 14.9. The number of nitrogens with zero attached hydrogens (tertiary/aromatic N) is 1. The molecule has 0 radical (unpaired) electrons. The summed E-state index contributed by atoms with van der Waals surface area (Å²) in [6.45, 7) is 5.17. The predicted molar refractivity (Wildman–Crippen MR) is 69.1 cm³/mol. The van der Waals surface area contributed by atoms with Crippen LogP contribution >= 0.6 is 0 Å². The maximum atomic E-state index is 11.4. The van der Waals surface area contributed by atoms with Gasteiger partial charge in [-0.15, -0.1) is 0 Å². The molecule has 1 rings (SSSR count). The average molecular weight is 264 g/mol. The Bertz CT molecular complexity index is 293. The van der Waals surface area contributed by atoms with Crippen molar-refractivity contribution in [2.45, 2.75) is 12.8 Å². The molecular formula is C11H24N2O3S. The Labute approximate surface area is 104 Å². The van der Waals surface area contributed by atoms with E-state index < -0.39 is 9.84 Å². The first-order chi connectivity index (χ1) is 8.14. The summed E-state index contributed by atoms with van der Waals surface area (Å²) >= 11 is 0. The Morgan fingerprint density at radius 2 is 2.06 bits per heavy atom. The van der Waals surface area contributed by atoms with Gasteiger partial charge in [-0.3, -0.25) is 0 Å². The van der Waals surface area contributed by atoms with Crippen LogP contribution in [0.15, 0.2) is 0 Å². The fourth-order valence-electron chi connectivity index (χ4n) is 1.94. The quantitative estimate of drug-likeness (QED) is 0.642. The summed E-state index contributed by atoms with van der Waals surface area (Å²) in [5.41, 5.74) is 0. The summed E-state index contributed by atoms with van der Waals surface area (Å²) in [7, 11) is -1.07. The van der Waals surface area contributed by atoms with Gasteiger partial charge in [0, 0.05) is 20.2 Å². The van der Waals surface area contributed by atoms with E-state index in [1.807, 2.05) is 0 Å². The molecule has 1 saturated heterocycles. The van der Waals surface area contributed by atoms with Crippen molar-refractivity contribution in [3.05, 3.63) is 0 Å². The van der Waals surface area contributed by atoms with Gasteiger partial charge in [0.1, 0.15) is 0 Å². The van der Waals surface area contributed by atoms with E-state index in [1.165, 1.54) is 0 Å². The van der Waals surface area contributed by atoms with Crippen LogP contribution in [0.25, 0.3) is 0 Å². The molecule has 5 nitrogen and oxygen atoms in total. The van der Waals surface area contributed by atoms with Crippen LogP contribution < -0.4 is 5.32 Å². The first-order valence-corrected chi connectivity index (χ1v) is 8.08. The zero-order chi connectivity index (χ0) is 12.6. The molecule has 0 saturated carbocycles. The second kappa shape index (κ2) is 8.02. The lowest BCUT2D eigenvalue weighted by Crippen LogP contribution is -2.30. The van der Waals surface area contributed by atoms with Crippen molar-refractivity contribution in [2.24, 2.45) is 0 Å². The summed E-state index contributed by atoms with van der Waals surface area (Å²) in [5, 5.41) is 3.29. The molecule has 0 amide bonds. The lowest BCUT2D eigenvalue weighted by molar-refractivity contribution is 0.198. The Morgan fingerprint density at radius 1 is 1.24 bits per heavy atom. The fraction of sp³-hybridized carbons (Fsp3) is 1.00. The largest absolute Gasteiger partial charge is 0.383 e. The summed E-state index contributed by atoms with van der Waals surface area (Å²) in [5.74, 6) is 0.680. The van der Waals surface area contributed by atoms with Crippen LogP contribution in [0, 0.1) is 0 Å². The van der Waals surface area contributed by atoms with E-state index in [4.69, 9.17) is 4.74 Å². The molecule has 1 fully saturated rings. The van der Waals surface area contributed by atoms with Crippen molar-refractivity contribution >= 4 is 9.84 Å². The number of methoxy groups -OCH3 is 1. The molecule has 0 aliphatic carbocycles. The summed E-state index contributed by atoms with van der Waals surface area (Å²) in [6, 6.07) is 0. The molecule has 102 valence electrons. The molecule has 1 aliphatic heterocycles. The van der Waals surface area contributed by atoms with E-state index in [0.717, 1.165) is 45.6 Å². The maximum Gasteiger partial charge on any atom is 0.151 e. The van der Waals surface area contributed by atoms with Crippen molar-refractivity contribution < 1.29 is 13.2 Å². The van der Waals surface area contributed by atoms with E-state index in [0.29, 0.717) is 18.1 Å². The third-order valence-corrected chi connectivity index (χ3v) is 4.67. The van der Waals surface area contributed by atoms with Gasteiger partial charge in [0.15, 0.2) is 9.84 Å². The van der Waals surface area contributed by atoms with Gasteiger partial charge >= 0.3 is 0 Å². The number of hydrogen-bond donors (Lipinski definition) is 1. The molecule has 0 unspecified atom stereocenters. The number of rotatable bonds is 7. The molecular weight excluding hydrogens is 240 g/mol. The predicted octanol–water partition coefficient (Wildman–Crippen LogP) is -0.267. The molecule has 0 aromatic heterocycles. The van der Waals surface area contributed by atoms with Crippen LogP contribution in [0.5, 0.6) is 0 Å². The van der Waals surface area contributed by atoms with Crippen molar-refractivity contribution in [3.63, 3.8) is 0 Å². The zero-order valence-electron chi connectivity index (χ0n) is 10.7. The molecule has 17 heavy (non-hydrogen) atoms. The van der Waals surface area contributed by atoms with Gasteiger partial charge < -0.3 is 15.0 Å². The summed E-state index contributed by atoms with van der Waals surface area (Å²) in [6.07, 6.45) is 1.84. The highest BCUT2D eigenvalue weighted by atomic mass is 32.2. The average Bonchev–Trinajstić information content (AvgIpc) is 2.45. The smallest absolute Gasteiger partial charge is 0.151 e. The molecule has 0 aromatic carbocycles. The van der Waals surface area contributed by atoms with Crippen LogP contribution in [-0.2, 0) is 14.6 Å². The van der Waals surface area contributed by atoms with Crippen molar-refractivity contribution in [3.8, 4) is 0 Å². The summed E-state index contributed by atoms with van der Waals surface area (Å²) in [4.78, 5) is 2.25. The van der Waals surface area contributed by atoms with Gasteiger partial charge in [-0.1, -0.05) is 0 Å². The Morgan fingerprint density at radius 3 is 2.82 bits per heavy atom. The highest BCUT2D eigenvalue weighted by molar-refractivity contribution is 7.91. The minimum Gasteiger partial charge on any atom is -0.383 e. The molecule has 0 aromatic rings. The number of nitrogens with one attached hydrogen (secondary N) is 1. The monoisotopic (exact) mass is 264 g/mol. The second-order valence-corrected chi connectivity index (χ2v) is 6.75. The number of hydrogen-bond acceptors (Lipinski definition) is 5. The minimum atomic E-state index is -2.77. The molecule has 0 atom stereocenters. The minimum absolute atomic E-state index is 0.324. The molecule has 0 spiro atoms. The second-order valence-electron chi connectivity index (χ2n) is 4.44. The van der Waals surface area contributed by atoms with Gasteiger partial charge in [-0.25, -0.2) is 8.42 Å². The molecule has 6 heteroatoms. The molecule has 1 aliphatic rings. The van der Waals surface area contributed by atoms with Crippen LogP contribution in [0.2, 0.25) is 0 Å². The Hall–Kier alpha value is -0.170. The molecule has 1 N–H and O–H groups in total. The van der Waals surface area contributed by atoms with Gasteiger partial charge in [0.25, 0.3) is 0 Å². The van der Waals surface area contributed by atoms with Crippen LogP contribution in [0.1, 0.15) is 12.8 Å². The van der Waals surface area contributed by atoms with Gasteiger partial charge in [0.2, 0.25) is 0 Å². The lowest BCUT2D eigenvalue weighted by atomic mass is 10.3. The van der Waals surface area contributed by atoms with Crippen molar-refractivity contribution in [1.29, 1.82) is 0 Å². The van der Waals surface area contributed by atoms with Gasteiger partial charge in [-0.2, -0.15) is 0 Å². The van der Waals surface area contributed by atoms with Crippen molar-refractivity contribution in [2.75, 3.05) is 57.9 Å². The van der Waals surface area contributed by atoms with Gasteiger partial charge in [0.05, 0.1) is 18.1 Å². The molecule has 0 bridgehead atoms. The van der Waals surface area contributed by atoms with E-state index in [-0.39, 0.29) is 0 Å². The number of sulfone groups is 1. The molecule has 1 heterocycles. The number of ether oxygens (including phenoxy) is 1. The SMILES string of the molecule is COCCNCCCN1CCCS(=O)(=O)CC1. The van der Waals surface area contributed by atoms with Gasteiger partial charge in [-0.05, 0) is 32.5 Å². The van der Waals surface area contributed by atoms with E-state index in [9.17, 15) is 8.42 Å². The zero-order valence-corrected chi connectivity index (χ0v) is 11.5. The Balaban J connectivity index is 2.07. The van der Waals surface area contributed by atoms with E-state index >= 15 is 0 Å². The van der Waals surface area contributed by atoms with Crippen LogP contribution in [0.3, 0.4) is 0 Å². The van der Waals surface area contributed by atoms with Crippen LogP contribution in [-0.4, -0.2) is 71.3 Å². The third kappa shape index (κ3) is 6.98. The fourth-order valence-corrected chi connectivity index (χ4v) is 3.25. The topological polar surface area (TPSA) is 58.6 Å². The standard InChI is InChI=1S/C11H24N2O3S/c1-16-9-5-12-4-2-6-13-7-3-10-17(14,15)11-8-13/h12H,2-11H2,1H3.